The van der Waals surface area contributed by atoms with Gasteiger partial charge in [0, 0.05) is 29.8 Å². The van der Waals surface area contributed by atoms with Gasteiger partial charge >= 0.3 is 0 Å². The Morgan fingerprint density at radius 2 is 2.11 bits per heavy atom. The number of aromatic nitrogens is 1. The Labute approximate surface area is 169 Å². The summed E-state index contributed by atoms with van der Waals surface area (Å²) in [5.74, 6) is 0.541. The lowest BCUT2D eigenvalue weighted by Crippen LogP contribution is -2.42. The lowest BCUT2D eigenvalue weighted by Gasteiger charge is -2.37. The molecule has 1 aliphatic heterocycles. The monoisotopic (exact) mass is 408 g/mol. The molecular formula is C20H22ClFN2O2S. The third kappa shape index (κ3) is 4.45. The molecule has 0 bridgehead atoms. The number of thiol groups is 1. The number of benzene rings is 1. The molecule has 0 spiro atoms. The van der Waals surface area contributed by atoms with E-state index in [0.717, 1.165) is 24.8 Å². The third-order valence-corrected chi connectivity index (χ3v) is 5.69. The maximum Gasteiger partial charge on any atom is 0.181 e. The molecule has 2 atom stereocenters. The number of Topliss-reactive ketones (excluding diaryl/α,β-unsaturated/α-hetero) is 1. The van der Waals surface area contributed by atoms with Crippen LogP contribution in [0.4, 0.5) is 4.39 Å². The van der Waals surface area contributed by atoms with Gasteiger partial charge in [0.05, 0.1) is 12.2 Å². The highest BCUT2D eigenvalue weighted by Gasteiger charge is 2.40. The number of oxazole rings is 1. The van der Waals surface area contributed by atoms with Crippen molar-refractivity contribution in [2.45, 2.75) is 30.6 Å². The molecule has 2 fully saturated rings. The first kappa shape index (κ1) is 20.1. The van der Waals surface area contributed by atoms with Gasteiger partial charge in [0.1, 0.15) is 11.6 Å². The van der Waals surface area contributed by atoms with Crippen LogP contribution in [0.25, 0.3) is 6.08 Å². The topological polar surface area (TPSA) is 46.3 Å². The fourth-order valence-corrected chi connectivity index (χ4v) is 3.82. The second-order valence-corrected chi connectivity index (χ2v) is 7.62. The summed E-state index contributed by atoms with van der Waals surface area (Å²) in [6, 6.07) is 6.07. The van der Waals surface area contributed by atoms with E-state index >= 15 is 0 Å². The molecule has 0 N–H and O–H groups in total. The maximum atomic E-state index is 14.5. The number of hydrogen-bond acceptors (Lipinski definition) is 5. The van der Waals surface area contributed by atoms with Crippen LogP contribution in [0.3, 0.4) is 0 Å². The van der Waals surface area contributed by atoms with E-state index in [2.05, 4.69) is 22.5 Å². The Balaban J connectivity index is 0.00000210. The largest absolute Gasteiger partial charge is 0.444 e. The van der Waals surface area contributed by atoms with E-state index in [4.69, 9.17) is 4.42 Å². The van der Waals surface area contributed by atoms with Crippen LogP contribution in [-0.4, -0.2) is 34.0 Å². The number of carbonyl (C=O) groups is 1. The third-order valence-electron chi connectivity index (χ3n) is 5.10. The first-order valence-electron chi connectivity index (χ1n) is 8.92. The first-order valence-corrected chi connectivity index (χ1v) is 9.44. The van der Waals surface area contributed by atoms with E-state index in [1.54, 1.807) is 24.4 Å². The van der Waals surface area contributed by atoms with Gasteiger partial charge in [0.2, 0.25) is 0 Å². The van der Waals surface area contributed by atoms with Crippen LogP contribution in [0.2, 0.25) is 0 Å². The van der Waals surface area contributed by atoms with Crippen molar-refractivity contribution in [3.63, 3.8) is 0 Å². The van der Waals surface area contributed by atoms with Crippen molar-refractivity contribution in [1.82, 2.24) is 9.88 Å². The molecule has 2 heterocycles. The Bertz CT molecular complexity index is 823. The molecule has 1 aromatic heterocycles. The molecule has 1 aromatic carbocycles. The first-order chi connectivity index (χ1) is 12.6. The van der Waals surface area contributed by atoms with Crippen molar-refractivity contribution in [2.75, 3.05) is 13.1 Å². The maximum absolute atomic E-state index is 14.5. The zero-order valence-electron chi connectivity index (χ0n) is 14.8. The van der Waals surface area contributed by atoms with Gasteiger partial charge < -0.3 is 4.42 Å². The number of likely N-dealkylation sites (tertiary alicyclic amines) is 1. The second-order valence-electron chi connectivity index (χ2n) is 7.00. The minimum absolute atomic E-state index is 0. The molecule has 1 saturated heterocycles. The lowest BCUT2D eigenvalue weighted by atomic mass is 9.93. The summed E-state index contributed by atoms with van der Waals surface area (Å²) in [6.45, 7) is 1.27. The molecule has 2 aliphatic rings. The van der Waals surface area contributed by atoms with Crippen LogP contribution in [0.15, 0.2) is 46.8 Å². The van der Waals surface area contributed by atoms with Crippen molar-refractivity contribution < 1.29 is 13.6 Å². The number of hydrogen-bond donors (Lipinski definition) is 1. The number of rotatable bonds is 5. The molecule has 144 valence electrons. The minimum Gasteiger partial charge on any atom is -0.444 e. The summed E-state index contributed by atoms with van der Waals surface area (Å²) in [4.78, 5) is 19.0. The zero-order valence-corrected chi connectivity index (χ0v) is 16.5. The van der Waals surface area contributed by atoms with Gasteiger partial charge in [0.25, 0.3) is 0 Å². The van der Waals surface area contributed by atoms with Crippen LogP contribution >= 0.6 is 25.0 Å². The van der Waals surface area contributed by atoms with Crippen molar-refractivity contribution in [3.05, 3.63) is 59.6 Å². The van der Waals surface area contributed by atoms with Gasteiger partial charge in [-0.15, -0.1) is 12.4 Å². The SMILES string of the molecule is Cl.O=C(C1CC1)C(c1ccccc1F)N1CCC(S)/C(=C/c2cnco2)C1. The van der Waals surface area contributed by atoms with Crippen molar-refractivity contribution >= 4 is 36.9 Å². The Morgan fingerprint density at radius 1 is 1.33 bits per heavy atom. The molecule has 4 nitrogen and oxygen atoms in total. The van der Waals surface area contributed by atoms with Gasteiger partial charge in [-0.3, -0.25) is 9.69 Å². The van der Waals surface area contributed by atoms with Gasteiger partial charge in [-0.2, -0.15) is 12.6 Å². The smallest absolute Gasteiger partial charge is 0.181 e. The number of halogens is 2. The lowest BCUT2D eigenvalue weighted by molar-refractivity contribution is -0.126. The molecule has 4 rings (SSSR count). The quantitative estimate of drug-likeness (QED) is 0.747. The number of carbonyl (C=O) groups excluding carboxylic acids is 1. The second kappa shape index (κ2) is 8.59. The molecular weight excluding hydrogens is 387 g/mol. The summed E-state index contributed by atoms with van der Waals surface area (Å²) < 4.78 is 19.8. The highest BCUT2D eigenvalue weighted by molar-refractivity contribution is 7.81. The van der Waals surface area contributed by atoms with E-state index in [1.165, 1.54) is 12.5 Å². The van der Waals surface area contributed by atoms with Crippen LogP contribution in [-0.2, 0) is 4.79 Å². The number of nitrogens with zero attached hydrogens (tertiary/aromatic N) is 2. The Kier molecular flexibility index (Phi) is 6.40. The predicted molar refractivity (Wildman–Crippen MR) is 108 cm³/mol. The van der Waals surface area contributed by atoms with Gasteiger partial charge in [-0.25, -0.2) is 9.37 Å². The molecule has 0 radical (unpaired) electrons. The number of piperidine rings is 1. The van der Waals surface area contributed by atoms with Crippen LogP contribution in [0.5, 0.6) is 0 Å². The molecule has 2 aromatic rings. The van der Waals surface area contributed by atoms with E-state index in [-0.39, 0.29) is 35.2 Å². The van der Waals surface area contributed by atoms with E-state index in [9.17, 15) is 9.18 Å². The Hall–Kier alpha value is -1.63. The summed E-state index contributed by atoms with van der Waals surface area (Å²) in [7, 11) is 0. The summed E-state index contributed by atoms with van der Waals surface area (Å²) in [6.07, 6.45) is 7.58. The van der Waals surface area contributed by atoms with Crippen molar-refractivity contribution in [2.24, 2.45) is 5.92 Å². The van der Waals surface area contributed by atoms with Gasteiger partial charge in [-0.05, 0) is 37.0 Å². The van der Waals surface area contributed by atoms with Gasteiger partial charge in [-0.1, -0.05) is 18.2 Å². The highest BCUT2D eigenvalue weighted by Crippen LogP contribution is 2.39. The highest BCUT2D eigenvalue weighted by atomic mass is 35.5. The molecule has 7 heteroatoms. The standard InChI is InChI=1S/C20H21FN2O2S.ClH/c21-17-4-2-1-3-16(17)19(20(24)13-5-6-13)23-8-7-18(26)14(11-23)9-15-10-22-12-25-15;/h1-4,9-10,12-13,18-19,26H,5-8,11H2;1H/b14-9+;. The molecule has 27 heavy (non-hydrogen) atoms. The zero-order chi connectivity index (χ0) is 18.1. The van der Waals surface area contributed by atoms with Crippen molar-refractivity contribution in [3.8, 4) is 0 Å². The average Bonchev–Trinajstić information content (AvgIpc) is 3.37. The minimum atomic E-state index is -0.539. The van der Waals surface area contributed by atoms with E-state index < -0.39 is 6.04 Å². The Morgan fingerprint density at radius 3 is 2.78 bits per heavy atom. The normalized spacial score (nSPS) is 23.0. The van der Waals surface area contributed by atoms with E-state index in [0.29, 0.717) is 24.4 Å². The van der Waals surface area contributed by atoms with Gasteiger partial charge in [0.15, 0.2) is 12.2 Å². The summed E-state index contributed by atoms with van der Waals surface area (Å²) in [5, 5.41) is 0.0913. The fourth-order valence-electron chi connectivity index (χ4n) is 3.55. The molecule has 0 amide bonds. The van der Waals surface area contributed by atoms with E-state index in [1.807, 2.05) is 6.08 Å². The van der Waals surface area contributed by atoms with Crippen molar-refractivity contribution in [1.29, 1.82) is 0 Å². The van der Waals surface area contributed by atoms with Crippen LogP contribution in [0.1, 0.15) is 36.6 Å². The van der Waals surface area contributed by atoms with Crippen LogP contribution in [0, 0.1) is 11.7 Å². The predicted octanol–water partition coefficient (Wildman–Crippen LogP) is 4.34. The molecule has 2 unspecified atom stereocenters. The van der Waals surface area contributed by atoms with Crippen LogP contribution < -0.4 is 0 Å². The summed E-state index contributed by atoms with van der Waals surface area (Å²) >= 11 is 4.67. The average molecular weight is 409 g/mol. The molecule has 1 saturated carbocycles. The number of ketones is 1. The summed E-state index contributed by atoms with van der Waals surface area (Å²) in [5.41, 5.74) is 1.53. The molecule has 1 aliphatic carbocycles. The fraction of sp³-hybridized carbons (Fsp3) is 0.400.